The van der Waals surface area contributed by atoms with E-state index in [4.69, 9.17) is 18.6 Å². The molecule has 1 aromatic heterocycles. The lowest BCUT2D eigenvalue weighted by Crippen LogP contribution is -2.28. The second-order valence-electron chi connectivity index (χ2n) is 7.03. The van der Waals surface area contributed by atoms with Crippen LogP contribution in [0.15, 0.2) is 77.2 Å². The number of carbonyl (C=O) groups excluding carboxylic acids is 1. The van der Waals surface area contributed by atoms with Gasteiger partial charge in [-0.15, -0.1) is 10.2 Å². The van der Waals surface area contributed by atoms with E-state index in [1.54, 1.807) is 32.4 Å². The van der Waals surface area contributed by atoms with Gasteiger partial charge in [0.05, 0.1) is 19.8 Å². The predicted octanol–water partition coefficient (Wildman–Crippen LogP) is 4.12. The lowest BCUT2D eigenvalue weighted by Gasteiger charge is -2.11. The average molecular weight is 445 g/mol. The maximum atomic E-state index is 12.4. The second-order valence-corrected chi connectivity index (χ2v) is 7.03. The van der Waals surface area contributed by atoms with E-state index in [2.05, 4.69) is 15.5 Å². The quantitative estimate of drug-likeness (QED) is 0.414. The smallest absolute Gasteiger partial charge is 0.258 e. The Labute approximate surface area is 191 Å². The van der Waals surface area contributed by atoms with E-state index in [9.17, 15) is 4.79 Å². The molecule has 0 atom stereocenters. The SMILES string of the molecule is COc1ccc(CNC(=O)COc2ccccc2-c2nnc(-c3ccccc3)o2)cc1OC. The van der Waals surface area contributed by atoms with Crippen molar-refractivity contribution in [3.8, 4) is 40.2 Å². The monoisotopic (exact) mass is 445 g/mol. The molecule has 1 heterocycles. The largest absolute Gasteiger partial charge is 0.493 e. The number of aromatic nitrogens is 2. The van der Waals surface area contributed by atoms with Crippen LogP contribution in [0.25, 0.3) is 22.9 Å². The molecule has 168 valence electrons. The van der Waals surface area contributed by atoms with Crippen LogP contribution < -0.4 is 19.5 Å². The molecule has 0 radical (unpaired) electrons. The Hall–Kier alpha value is -4.33. The van der Waals surface area contributed by atoms with Crippen molar-refractivity contribution in [2.75, 3.05) is 20.8 Å². The van der Waals surface area contributed by atoms with Gasteiger partial charge >= 0.3 is 0 Å². The number of hydrogen-bond acceptors (Lipinski definition) is 7. The summed E-state index contributed by atoms with van der Waals surface area (Å²) in [4.78, 5) is 12.4. The van der Waals surface area contributed by atoms with Crippen LogP contribution in [0.4, 0.5) is 0 Å². The number of methoxy groups -OCH3 is 2. The third-order valence-electron chi connectivity index (χ3n) is 4.86. The number of benzene rings is 3. The summed E-state index contributed by atoms with van der Waals surface area (Å²) in [5, 5.41) is 11.1. The van der Waals surface area contributed by atoms with Crippen LogP contribution in [-0.4, -0.2) is 36.9 Å². The normalized spacial score (nSPS) is 10.5. The standard InChI is InChI=1S/C25H23N3O5/c1-30-21-13-12-17(14-22(21)31-2)15-26-23(29)16-32-20-11-7-6-10-19(20)25-28-27-24(33-25)18-8-4-3-5-9-18/h3-14H,15-16H2,1-2H3,(H,26,29). The fraction of sp³-hybridized carbons (Fsp3) is 0.160. The maximum Gasteiger partial charge on any atom is 0.258 e. The van der Waals surface area contributed by atoms with Crippen molar-refractivity contribution < 1.29 is 23.4 Å². The molecule has 4 aromatic rings. The van der Waals surface area contributed by atoms with Gasteiger partial charge in [0, 0.05) is 12.1 Å². The zero-order valence-electron chi connectivity index (χ0n) is 18.3. The van der Waals surface area contributed by atoms with Gasteiger partial charge in [0.2, 0.25) is 5.89 Å². The van der Waals surface area contributed by atoms with E-state index in [1.165, 1.54) is 0 Å². The zero-order valence-corrected chi connectivity index (χ0v) is 18.3. The minimum atomic E-state index is -0.268. The molecule has 8 nitrogen and oxygen atoms in total. The minimum Gasteiger partial charge on any atom is -0.493 e. The molecular formula is C25H23N3O5. The van der Waals surface area contributed by atoms with Gasteiger partial charge in [-0.05, 0) is 42.0 Å². The highest BCUT2D eigenvalue weighted by Gasteiger charge is 2.15. The van der Waals surface area contributed by atoms with E-state index in [0.29, 0.717) is 41.1 Å². The predicted molar refractivity (Wildman–Crippen MR) is 122 cm³/mol. The maximum absolute atomic E-state index is 12.4. The van der Waals surface area contributed by atoms with Gasteiger partial charge in [0.1, 0.15) is 5.75 Å². The second kappa shape index (κ2) is 10.3. The van der Waals surface area contributed by atoms with Crippen molar-refractivity contribution in [2.45, 2.75) is 6.54 Å². The molecular weight excluding hydrogens is 422 g/mol. The summed E-state index contributed by atoms with van der Waals surface area (Å²) in [6, 6.07) is 22.2. The molecule has 0 aliphatic carbocycles. The van der Waals surface area contributed by atoms with Gasteiger partial charge in [0.25, 0.3) is 11.8 Å². The van der Waals surface area contributed by atoms with Crippen molar-refractivity contribution in [1.29, 1.82) is 0 Å². The lowest BCUT2D eigenvalue weighted by atomic mass is 10.2. The summed E-state index contributed by atoms with van der Waals surface area (Å²) in [5.41, 5.74) is 2.31. The summed E-state index contributed by atoms with van der Waals surface area (Å²) in [5.74, 6) is 2.16. The topological polar surface area (TPSA) is 95.7 Å². The molecule has 8 heteroatoms. The van der Waals surface area contributed by atoms with Gasteiger partial charge in [0.15, 0.2) is 18.1 Å². The van der Waals surface area contributed by atoms with E-state index >= 15 is 0 Å². The Balaban J connectivity index is 1.39. The van der Waals surface area contributed by atoms with Gasteiger partial charge in [-0.25, -0.2) is 0 Å². The summed E-state index contributed by atoms with van der Waals surface area (Å²) in [6.07, 6.45) is 0. The molecule has 3 aromatic carbocycles. The van der Waals surface area contributed by atoms with Crippen molar-refractivity contribution in [3.05, 3.63) is 78.4 Å². The van der Waals surface area contributed by atoms with Gasteiger partial charge in [-0.1, -0.05) is 36.4 Å². The van der Waals surface area contributed by atoms with Crippen LogP contribution in [0.2, 0.25) is 0 Å². The highest BCUT2D eigenvalue weighted by atomic mass is 16.5. The van der Waals surface area contributed by atoms with E-state index in [0.717, 1.165) is 11.1 Å². The Morgan fingerprint density at radius 3 is 2.36 bits per heavy atom. The molecule has 0 saturated carbocycles. The summed E-state index contributed by atoms with van der Waals surface area (Å²) in [7, 11) is 3.14. The van der Waals surface area contributed by atoms with Crippen LogP contribution in [0, 0.1) is 0 Å². The molecule has 0 spiro atoms. The number of para-hydroxylation sites is 1. The van der Waals surface area contributed by atoms with Crippen LogP contribution in [0.3, 0.4) is 0 Å². The molecule has 0 saturated heterocycles. The molecule has 0 unspecified atom stereocenters. The van der Waals surface area contributed by atoms with Crippen molar-refractivity contribution in [3.63, 3.8) is 0 Å². The molecule has 4 rings (SSSR count). The number of amides is 1. The number of nitrogens with zero attached hydrogens (tertiary/aromatic N) is 2. The Morgan fingerprint density at radius 2 is 1.58 bits per heavy atom. The number of carbonyl (C=O) groups is 1. The molecule has 0 bridgehead atoms. The fourth-order valence-corrected chi connectivity index (χ4v) is 3.18. The Morgan fingerprint density at radius 1 is 0.848 bits per heavy atom. The first-order chi connectivity index (χ1) is 16.2. The minimum absolute atomic E-state index is 0.163. The fourth-order valence-electron chi connectivity index (χ4n) is 3.18. The lowest BCUT2D eigenvalue weighted by molar-refractivity contribution is -0.123. The summed E-state index contributed by atoms with van der Waals surface area (Å²) in [6.45, 7) is 0.165. The molecule has 0 aliphatic rings. The third kappa shape index (κ3) is 5.30. The first-order valence-corrected chi connectivity index (χ1v) is 10.3. The highest BCUT2D eigenvalue weighted by molar-refractivity contribution is 5.78. The van der Waals surface area contributed by atoms with Crippen LogP contribution in [0.5, 0.6) is 17.2 Å². The van der Waals surface area contributed by atoms with Gasteiger partial charge in [-0.2, -0.15) is 0 Å². The Kier molecular flexibility index (Phi) is 6.84. The van der Waals surface area contributed by atoms with E-state index < -0.39 is 0 Å². The van der Waals surface area contributed by atoms with Gasteiger partial charge in [-0.3, -0.25) is 4.79 Å². The molecule has 0 aliphatic heterocycles. The van der Waals surface area contributed by atoms with Crippen molar-refractivity contribution in [2.24, 2.45) is 0 Å². The van der Waals surface area contributed by atoms with E-state index in [-0.39, 0.29) is 12.5 Å². The number of rotatable bonds is 9. The first-order valence-electron chi connectivity index (χ1n) is 10.3. The van der Waals surface area contributed by atoms with Crippen molar-refractivity contribution >= 4 is 5.91 Å². The zero-order chi connectivity index (χ0) is 23.0. The molecule has 0 fully saturated rings. The summed E-state index contributed by atoms with van der Waals surface area (Å²) < 4.78 is 22.1. The van der Waals surface area contributed by atoms with Crippen LogP contribution in [0.1, 0.15) is 5.56 Å². The average Bonchev–Trinajstić information content (AvgIpc) is 3.37. The molecule has 1 amide bonds. The Bertz CT molecular complexity index is 1220. The number of ether oxygens (including phenoxy) is 3. The molecule has 1 N–H and O–H groups in total. The van der Waals surface area contributed by atoms with E-state index in [1.807, 2.05) is 54.6 Å². The van der Waals surface area contributed by atoms with Crippen LogP contribution in [-0.2, 0) is 11.3 Å². The van der Waals surface area contributed by atoms with Crippen molar-refractivity contribution in [1.82, 2.24) is 15.5 Å². The first kappa shape index (κ1) is 21.9. The third-order valence-corrected chi connectivity index (χ3v) is 4.86. The van der Waals surface area contributed by atoms with Gasteiger partial charge < -0.3 is 23.9 Å². The molecule has 33 heavy (non-hydrogen) atoms. The number of nitrogens with one attached hydrogen (secondary N) is 1. The highest BCUT2D eigenvalue weighted by Crippen LogP contribution is 2.31. The van der Waals surface area contributed by atoms with Crippen LogP contribution >= 0.6 is 0 Å². The number of hydrogen-bond donors (Lipinski definition) is 1. The summed E-state index contributed by atoms with van der Waals surface area (Å²) >= 11 is 0.